The molecule has 2 aromatic heterocycles. The van der Waals surface area contributed by atoms with Gasteiger partial charge in [-0.05, 0) is 25.7 Å². The molecule has 20 heavy (non-hydrogen) atoms. The van der Waals surface area contributed by atoms with Crippen molar-refractivity contribution >= 4 is 16.3 Å². The van der Waals surface area contributed by atoms with Crippen LogP contribution in [0.3, 0.4) is 0 Å². The molecule has 2 heterocycles. The third-order valence-corrected chi connectivity index (χ3v) is 5.39. The zero-order valence-corrected chi connectivity index (χ0v) is 12.5. The lowest BCUT2D eigenvalue weighted by Crippen LogP contribution is -2.37. The van der Waals surface area contributed by atoms with Crippen molar-refractivity contribution in [2.24, 2.45) is 0 Å². The summed E-state index contributed by atoms with van der Waals surface area (Å²) < 4.78 is 2.21. The number of aliphatic hydroxyl groups is 1. The van der Waals surface area contributed by atoms with Gasteiger partial charge in [0, 0.05) is 30.6 Å². The molecule has 2 aliphatic rings. The first kappa shape index (κ1) is 12.8. The summed E-state index contributed by atoms with van der Waals surface area (Å²) >= 11 is 1.70. The molecule has 0 amide bonds. The van der Waals surface area contributed by atoms with Crippen molar-refractivity contribution in [3.8, 4) is 0 Å². The molecule has 0 atom stereocenters. The Kier molecular flexibility index (Phi) is 3.09. The monoisotopic (exact) mass is 291 g/mol. The lowest BCUT2D eigenvalue weighted by molar-refractivity contribution is 0.0474. The minimum Gasteiger partial charge on any atom is -0.389 e. The lowest BCUT2D eigenvalue weighted by Gasteiger charge is -2.22. The first-order valence-corrected chi connectivity index (χ1v) is 8.51. The number of imidazole rings is 1. The molecule has 2 fully saturated rings. The largest absolute Gasteiger partial charge is 0.389 e. The van der Waals surface area contributed by atoms with Crippen LogP contribution in [-0.2, 0) is 6.54 Å². The van der Waals surface area contributed by atoms with Crippen LogP contribution in [0.15, 0.2) is 11.6 Å². The first-order chi connectivity index (χ1) is 9.75. The minimum atomic E-state index is -0.474. The maximum absolute atomic E-state index is 10.4. The van der Waals surface area contributed by atoms with Gasteiger partial charge in [0.2, 0.25) is 0 Å². The van der Waals surface area contributed by atoms with E-state index in [1.54, 1.807) is 11.3 Å². The standard InChI is InChI=1S/C15H21N3OS/c19-15(5-1-2-6-15)10-16-9-12-13(11-3-4-11)17-14-18(12)7-8-20-14/h7-8,11,16,19H,1-6,9-10H2. The third-order valence-electron chi connectivity index (χ3n) is 4.64. The van der Waals surface area contributed by atoms with Gasteiger partial charge in [0.25, 0.3) is 0 Å². The molecule has 4 rings (SSSR count). The molecule has 5 heteroatoms. The molecule has 108 valence electrons. The Morgan fingerprint density at radius 3 is 2.95 bits per heavy atom. The summed E-state index contributed by atoms with van der Waals surface area (Å²) in [6.07, 6.45) is 8.87. The van der Waals surface area contributed by atoms with Crippen molar-refractivity contribution in [1.29, 1.82) is 0 Å². The predicted octanol–water partition coefficient (Wildman–Crippen LogP) is 2.67. The van der Waals surface area contributed by atoms with Gasteiger partial charge in [0.05, 0.1) is 17.0 Å². The fraction of sp³-hybridized carbons (Fsp3) is 0.667. The summed E-state index contributed by atoms with van der Waals surface area (Å²) in [4.78, 5) is 5.88. The molecule has 2 aromatic rings. The fourth-order valence-corrected chi connectivity index (χ4v) is 4.07. The Labute approximate surface area is 122 Å². The average Bonchev–Trinajstić information content (AvgIpc) is 2.86. The van der Waals surface area contributed by atoms with Crippen molar-refractivity contribution in [1.82, 2.24) is 14.7 Å². The third kappa shape index (κ3) is 2.28. The SMILES string of the molecule is OC1(CNCc2c(C3CC3)nc3sccn23)CCCC1. The van der Waals surface area contributed by atoms with Crippen LogP contribution >= 0.6 is 11.3 Å². The van der Waals surface area contributed by atoms with E-state index in [1.165, 1.54) is 24.2 Å². The second-order valence-corrected chi connectivity index (χ2v) is 7.18. The van der Waals surface area contributed by atoms with Gasteiger partial charge in [0.1, 0.15) is 0 Å². The molecule has 0 aromatic carbocycles. The highest BCUT2D eigenvalue weighted by molar-refractivity contribution is 7.15. The molecule has 0 saturated heterocycles. The van der Waals surface area contributed by atoms with Crippen LogP contribution in [0.2, 0.25) is 0 Å². The van der Waals surface area contributed by atoms with Gasteiger partial charge in [-0.15, -0.1) is 11.3 Å². The minimum absolute atomic E-state index is 0.474. The van der Waals surface area contributed by atoms with E-state index in [9.17, 15) is 5.11 Å². The fourth-order valence-electron chi connectivity index (χ4n) is 3.33. The van der Waals surface area contributed by atoms with Gasteiger partial charge in [-0.2, -0.15) is 0 Å². The van der Waals surface area contributed by atoms with Crippen LogP contribution in [0.1, 0.15) is 55.8 Å². The normalized spacial score (nSPS) is 21.9. The summed E-state index contributed by atoms with van der Waals surface area (Å²) in [5, 5.41) is 16.0. The van der Waals surface area contributed by atoms with Crippen LogP contribution < -0.4 is 5.32 Å². The molecule has 2 saturated carbocycles. The number of aromatic nitrogens is 2. The molecule has 0 radical (unpaired) electrons. The highest BCUT2D eigenvalue weighted by Gasteiger charge is 2.32. The maximum Gasteiger partial charge on any atom is 0.194 e. The van der Waals surface area contributed by atoms with Crippen molar-refractivity contribution in [3.05, 3.63) is 23.0 Å². The zero-order chi connectivity index (χ0) is 13.6. The van der Waals surface area contributed by atoms with E-state index in [0.29, 0.717) is 12.5 Å². The molecule has 0 unspecified atom stereocenters. The van der Waals surface area contributed by atoms with Gasteiger partial charge >= 0.3 is 0 Å². The van der Waals surface area contributed by atoms with Gasteiger partial charge in [0.15, 0.2) is 4.96 Å². The van der Waals surface area contributed by atoms with Crippen LogP contribution in [-0.4, -0.2) is 26.6 Å². The molecule has 0 spiro atoms. The highest BCUT2D eigenvalue weighted by atomic mass is 32.1. The Morgan fingerprint density at radius 1 is 1.40 bits per heavy atom. The highest BCUT2D eigenvalue weighted by Crippen LogP contribution is 2.41. The molecule has 4 nitrogen and oxygen atoms in total. The van der Waals surface area contributed by atoms with Crippen LogP contribution in [0.25, 0.3) is 4.96 Å². The van der Waals surface area contributed by atoms with E-state index in [0.717, 1.165) is 37.2 Å². The molecule has 2 aliphatic carbocycles. The number of fused-ring (bicyclic) bond motifs is 1. The number of hydrogen-bond acceptors (Lipinski definition) is 4. The number of rotatable bonds is 5. The molecular weight excluding hydrogens is 270 g/mol. The maximum atomic E-state index is 10.4. The summed E-state index contributed by atoms with van der Waals surface area (Å²) in [5.74, 6) is 0.675. The summed E-state index contributed by atoms with van der Waals surface area (Å²) in [5.41, 5.74) is 2.10. The Hall–Kier alpha value is -0.910. The van der Waals surface area contributed by atoms with Crippen molar-refractivity contribution in [3.63, 3.8) is 0 Å². The summed E-state index contributed by atoms with van der Waals surface area (Å²) in [6.45, 7) is 1.51. The van der Waals surface area contributed by atoms with Crippen molar-refractivity contribution in [2.75, 3.05) is 6.54 Å². The summed E-state index contributed by atoms with van der Waals surface area (Å²) in [6, 6.07) is 0. The lowest BCUT2D eigenvalue weighted by atomic mass is 10.0. The number of thiazole rings is 1. The quantitative estimate of drug-likeness (QED) is 0.890. The van der Waals surface area contributed by atoms with E-state index < -0.39 is 5.60 Å². The number of hydrogen-bond donors (Lipinski definition) is 2. The van der Waals surface area contributed by atoms with E-state index in [1.807, 2.05) is 0 Å². The number of nitrogens with one attached hydrogen (secondary N) is 1. The van der Waals surface area contributed by atoms with Crippen LogP contribution in [0.5, 0.6) is 0 Å². The molecule has 0 bridgehead atoms. The molecular formula is C15H21N3OS. The van der Waals surface area contributed by atoms with Crippen molar-refractivity contribution in [2.45, 2.75) is 56.6 Å². The Bertz CT molecular complexity index is 608. The first-order valence-electron chi connectivity index (χ1n) is 7.63. The van der Waals surface area contributed by atoms with Crippen LogP contribution in [0.4, 0.5) is 0 Å². The summed E-state index contributed by atoms with van der Waals surface area (Å²) in [7, 11) is 0. The number of nitrogens with zero attached hydrogens (tertiary/aromatic N) is 2. The zero-order valence-electron chi connectivity index (χ0n) is 11.6. The Balaban J connectivity index is 1.49. The van der Waals surface area contributed by atoms with E-state index >= 15 is 0 Å². The van der Waals surface area contributed by atoms with E-state index in [4.69, 9.17) is 4.98 Å². The Morgan fingerprint density at radius 2 is 2.20 bits per heavy atom. The van der Waals surface area contributed by atoms with Gasteiger partial charge in [-0.25, -0.2) is 4.98 Å². The van der Waals surface area contributed by atoms with Gasteiger partial charge in [-0.3, -0.25) is 4.40 Å². The smallest absolute Gasteiger partial charge is 0.194 e. The topological polar surface area (TPSA) is 49.6 Å². The predicted molar refractivity (Wildman–Crippen MR) is 80.2 cm³/mol. The second kappa shape index (κ2) is 4.83. The second-order valence-electron chi connectivity index (χ2n) is 6.31. The average molecular weight is 291 g/mol. The van der Waals surface area contributed by atoms with E-state index in [2.05, 4.69) is 21.3 Å². The van der Waals surface area contributed by atoms with E-state index in [-0.39, 0.29) is 0 Å². The molecule has 0 aliphatic heterocycles. The van der Waals surface area contributed by atoms with Crippen molar-refractivity contribution < 1.29 is 5.11 Å². The van der Waals surface area contributed by atoms with Gasteiger partial charge < -0.3 is 10.4 Å². The molecule has 2 N–H and O–H groups in total. The van der Waals surface area contributed by atoms with Crippen LogP contribution in [0, 0.1) is 0 Å². The van der Waals surface area contributed by atoms with Gasteiger partial charge in [-0.1, -0.05) is 12.8 Å².